The third-order valence-corrected chi connectivity index (χ3v) is 10.6. The van der Waals surface area contributed by atoms with Gasteiger partial charge in [-0.1, -0.05) is 131 Å². The highest BCUT2D eigenvalue weighted by Crippen LogP contribution is 2.38. The van der Waals surface area contributed by atoms with Gasteiger partial charge in [-0.2, -0.15) is 0 Å². The van der Waals surface area contributed by atoms with Crippen molar-refractivity contribution < 1.29 is 12.0 Å². The van der Waals surface area contributed by atoms with Crippen LogP contribution in [0.25, 0.3) is 50.2 Å². The Kier molecular flexibility index (Phi) is 9.65. The molecule has 0 aliphatic carbocycles. The Balaban J connectivity index is 1.22. The molecule has 8 aromatic rings. The Bertz CT molecular complexity index is 2930. The molecule has 0 bridgehead atoms. The molecule has 0 atom stereocenters. The minimum atomic E-state index is -1.55. The minimum Gasteiger partial charge on any atom is -0.458 e. The summed E-state index contributed by atoms with van der Waals surface area (Å²) >= 11 is 0. The van der Waals surface area contributed by atoms with Crippen LogP contribution >= 0.6 is 0 Å². The van der Waals surface area contributed by atoms with E-state index in [1.54, 1.807) is 6.20 Å². The Morgan fingerprint density at radius 3 is 1.93 bits per heavy atom. The molecule has 0 spiro atoms. The van der Waals surface area contributed by atoms with Gasteiger partial charge in [0, 0.05) is 38.0 Å². The van der Waals surface area contributed by atoms with Crippen molar-refractivity contribution >= 4 is 32.8 Å². The molecule has 60 heavy (non-hydrogen) atoms. The lowest BCUT2D eigenvalue weighted by Gasteiger charge is -2.22. The zero-order valence-corrected chi connectivity index (χ0v) is 37.5. The second-order valence-electron chi connectivity index (χ2n) is 21.0. The van der Waals surface area contributed by atoms with E-state index in [0.717, 1.165) is 57.2 Å². The molecule has 6 nitrogen and oxygen atoms in total. The number of pyridine rings is 2. The number of imidazole rings is 1. The average molecular weight is 798 g/mol. The zero-order valence-electron chi connectivity index (χ0n) is 39.5. The molecule has 0 amide bonds. The van der Waals surface area contributed by atoms with E-state index >= 15 is 0 Å². The first kappa shape index (κ1) is 38.5. The number of hydrogen-bond acceptors (Lipinski definition) is 3. The van der Waals surface area contributed by atoms with E-state index in [1.165, 1.54) is 16.7 Å². The van der Waals surface area contributed by atoms with Gasteiger partial charge in [0.1, 0.15) is 17.3 Å². The van der Waals surface area contributed by atoms with Crippen LogP contribution in [0.2, 0.25) is 0 Å². The van der Waals surface area contributed by atoms with Crippen LogP contribution in [0.1, 0.15) is 108 Å². The molecule has 0 aliphatic rings. The summed E-state index contributed by atoms with van der Waals surface area (Å²) in [5.74, 6) is 2.79. The summed E-state index contributed by atoms with van der Waals surface area (Å²) in [6.45, 7) is 26.2. The van der Waals surface area contributed by atoms with Crippen LogP contribution in [0, 0.1) is 22.6 Å². The molecular weight excluding hydrogens is 735 g/mol. The lowest BCUT2D eigenvalue weighted by molar-refractivity contribution is -0.572. The van der Waals surface area contributed by atoms with Gasteiger partial charge in [0.15, 0.2) is 5.82 Å². The molecule has 4 aromatic carbocycles. The maximum absolute atomic E-state index is 9.09. The summed E-state index contributed by atoms with van der Waals surface area (Å²) in [7, 11) is 0. The number of fused-ring (bicyclic) bond motifs is 4. The van der Waals surface area contributed by atoms with Gasteiger partial charge < -0.3 is 4.74 Å². The van der Waals surface area contributed by atoms with Gasteiger partial charge in [0.25, 0.3) is 6.33 Å². The Morgan fingerprint density at radius 2 is 1.25 bits per heavy atom. The summed E-state index contributed by atoms with van der Waals surface area (Å²) < 4.78 is 31.2. The van der Waals surface area contributed by atoms with E-state index in [4.69, 9.17) is 17.4 Å². The molecule has 0 N–H and O–H groups in total. The van der Waals surface area contributed by atoms with Gasteiger partial charge in [-0.15, -0.1) is 0 Å². The molecule has 0 saturated carbocycles. The van der Waals surface area contributed by atoms with E-state index in [0.29, 0.717) is 22.9 Å². The Labute approximate surface area is 359 Å². The quantitative estimate of drug-likeness (QED) is 0.114. The van der Waals surface area contributed by atoms with Crippen molar-refractivity contribution in [2.75, 3.05) is 0 Å². The molecule has 0 aliphatic heterocycles. The van der Waals surface area contributed by atoms with E-state index in [1.807, 2.05) is 67.9 Å². The van der Waals surface area contributed by atoms with Gasteiger partial charge in [-0.3, -0.25) is 18.7 Å². The molecule has 4 heterocycles. The van der Waals surface area contributed by atoms with Crippen molar-refractivity contribution in [1.82, 2.24) is 19.1 Å². The fourth-order valence-corrected chi connectivity index (χ4v) is 8.27. The number of para-hydroxylation sites is 2. The largest absolute Gasteiger partial charge is 0.458 e. The fourth-order valence-electron chi connectivity index (χ4n) is 8.27. The summed E-state index contributed by atoms with van der Waals surface area (Å²) in [5.41, 5.74) is 9.07. The number of aromatic nitrogens is 5. The maximum Gasteiger partial charge on any atom is 0.271 e. The predicted octanol–water partition coefficient (Wildman–Crippen LogP) is 13.5. The zero-order chi connectivity index (χ0) is 44.6. The van der Waals surface area contributed by atoms with Gasteiger partial charge >= 0.3 is 0 Å². The highest BCUT2D eigenvalue weighted by molar-refractivity contribution is 6.09. The maximum atomic E-state index is 9.09. The first-order chi connectivity index (χ1) is 28.9. The van der Waals surface area contributed by atoms with E-state index in [2.05, 4.69) is 145 Å². The number of rotatable bonds is 8. The van der Waals surface area contributed by atoms with Gasteiger partial charge in [-0.05, 0) is 107 Å². The normalized spacial score (nSPS) is 13.6. The van der Waals surface area contributed by atoms with Crippen molar-refractivity contribution in [2.45, 2.75) is 108 Å². The summed E-state index contributed by atoms with van der Waals surface area (Å²) in [5, 5.41) is 1.96. The molecular formula is C54H61N5O. The van der Waals surface area contributed by atoms with Crippen molar-refractivity contribution in [3.63, 3.8) is 0 Å². The Hall–Kier alpha value is -5.75. The molecule has 6 heteroatoms. The third-order valence-electron chi connectivity index (χ3n) is 10.6. The first-order valence-electron chi connectivity index (χ1n) is 22.2. The summed E-state index contributed by atoms with van der Waals surface area (Å²) in [4.78, 5) is 9.73. The number of hydrogen-bond donors (Lipinski definition) is 0. The SMILES string of the molecule is [2H]C([2H])(c1ccc2c(c1)c1ccc(Oc3ccnc(-n4[c-][n+](-c5cc(CC(C)(C)C)cc(CC(C)(C)C)c5)c5ccccc54)c3)cc1n2-c1cc(C(C)(C)C)ccn1)C(C)(C)C. The van der Waals surface area contributed by atoms with E-state index < -0.39 is 11.8 Å². The van der Waals surface area contributed by atoms with Gasteiger partial charge in [0.05, 0.1) is 27.8 Å². The highest BCUT2D eigenvalue weighted by atomic mass is 16.5. The van der Waals surface area contributed by atoms with Crippen LogP contribution in [0.5, 0.6) is 11.5 Å². The number of benzene rings is 4. The summed E-state index contributed by atoms with van der Waals surface area (Å²) in [6, 6.07) is 35.5. The average Bonchev–Trinajstić information content (AvgIpc) is 3.72. The summed E-state index contributed by atoms with van der Waals surface area (Å²) in [6.07, 6.45) is 7.73. The van der Waals surface area contributed by atoms with Crippen LogP contribution in [0.4, 0.5) is 0 Å². The van der Waals surface area contributed by atoms with Crippen molar-refractivity contribution in [3.8, 4) is 28.8 Å². The van der Waals surface area contributed by atoms with Crippen LogP contribution < -0.4 is 9.30 Å². The van der Waals surface area contributed by atoms with Crippen molar-refractivity contribution in [3.05, 3.63) is 144 Å². The monoisotopic (exact) mass is 798 g/mol. The molecule has 308 valence electrons. The van der Waals surface area contributed by atoms with E-state index in [-0.39, 0.29) is 16.2 Å². The standard InChI is InChI=1S/C54H61N5O/c1-51(2,3)32-36-17-20-45-44(28-36)43-19-18-41(30-48(43)59(45)50-29-39(21-23-56-50)54(10,11)12)60-42-22-24-55-49(31-42)58-35-57(46-15-13-14-16-47(46)58)40-26-37(33-52(4,5)6)25-38(27-40)34-53(7,8)9/h13-31H,32-34H2,1-12H3/i32D2. The minimum absolute atomic E-state index is 0.0765. The van der Waals surface area contributed by atoms with Crippen molar-refractivity contribution in [2.24, 2.45) is 16.2 Å². The van der Waals surface area contributed by atoms with Crippen LogP contribution in [0.15, 0.2) is 116 Å². The number of ether oxygens (including phenoxy) is 1. The number of nitrogens with zero attached hydrogens (tertiary/aromatic N) is 5. The topological polar surface area (TPSA) is 48.8 Å². The lowest BCUT2D eigenvalue weighted by atomic mass is 9.84. The Morgan fingerprint density at radius 1 is 0.583 bits per heavy atom. The molecule has 8 rings (SSSR count). The van der Waals surface area contributed by atoms with E-state index in [9.17, 15) is 0 Å². The molecule has 0 saturated heterocycles. The first-order valence-corrected chi connectivity index (χ1v) is 21.2. The van der Waals surface area contributed by atoms with Crippen molar-refractivity contribution in [1.29, 1.82) is 0 Å². The van der Waals surface area contributed by atoms with Crippen LogP contribution in [-0.2, 0) is 24.6 Å². The highest BCUT2D eigenvalue weighted by Gasteiger charge is 2.22. The van der Waals surface area contributed by atoms with Crippen LogP contribution in [-0.4, -0.2) is 19.1 Å². The predicted molar refractivity (Wildman–Crippen MR) is 248 cm³/mol. The van der Waals surface area contributed by atoms with Gasteiger partial charge in [-0.25, -0.2) is 4.98 Å². The second kappa shape index (κ2) is 15.1. The van der Waals surface area contributed by atoms with Crippen LogP contribution in [0.3, 0.4) is 0 Å². The molecule has 0 fully saturated rings. The molecule has 4 aromatic heterocycles. The lowest BCUT2D eigenvalue weighted by Crippen LogP contribution is -2.30. The smallest absolute Gasteiger partial charge is 0.271 e. The molecule has 0 radical (unpaired) electrons. The molecule has 0 unspecified atom stereocenters. The fraction of sp³-hybridized carbons (Fsp3) is 0.352. The third kappa shape index (κ3) is 8.89. The second-order valence-corrected chi connectivity index (χ2v) is 21.0. The van der Waals surface area contributed by atoms with Gasteiger partial charge in [0.2, 0.25) is 0 Å².